The van der Waals surface area contributed by atoms with E-state index in [4.69, 9.17) is 0 Å². The zero-order valence-electron chi connectivity index (χ0n) is 17.9. The largest absolute Gasteiger partial charge is 0.377 e. The van der Waals surface area contributed by atoms with E-state index < -0.39 is 0 Å². The summed E-state index contributed by atoms with van der Waals surface area (Å²) in [7, 11) is 3.86. The number of hydrogen-bond acceptors (Lipinski definition) is 3. The lowest BCUT2D eigenvalue weighted by atomic mass is 9.95. The number of nitrogens with zero attached hydrogens (tertiary/aromatic N) is 1. The number of nitrogens with one attached hydrogen (secondary N) is 2. The molecule has 0 spiro atoms. The van der Waals surface area contributed by atoms with Gasteiger partial charge in [0.1, 0.15) is 0 Å². The Bertz CT molecular complexity index is 637. The van der Waals surface area contributed by atoms with Crippen LogP contribution in [0.3, 0.4) is 0 Å². The average Bonchev–Trinajstić information content (AvgIpc) is 2.68. The third-order valence-electron chi connectivity index (χ3n) is 5.45. The molecule has 0 unspecified atom stereocenters. The highest BCUT2D eigenvalue weighted by molar-refractivity contribution is 6.02. The fourth-order valence-corrected chi connectivity index (χ4v) is 3.81. The summed E-state index contributed by atoms with van der Waals surface area (Å²) in [4.78, 5) is 27.1. The van der Waals surface area contributed by atoms with Crippen molar-refractivity contribution in [3.05, 3.63) is 23.8 Å². The van der Waals surface area contributed by atoms with Gasteiger partial charge in [0.25, 0.3) is 5.91 Å². The van der Waals surface area contributed by atoms with Gasteiger partial charge in [-0.05, 0) is 37.5 Å². The summed E-state index contributed by atoms with van der Waals surface area (Å²) >= 11 is 0. The molecule has 1 saturated carbocycles. The van der Waals surface area contributed by atoms with Gasteiger partial charge in [0.15, 0.2) is 0 Å². The second kappa shape index (κ2) is 11.7. The summed E-state index contributed by atoms with van der Waals surface area (Å²) < 4.78 is 0. The normalized spacial score (nSPS) is 14.5. The second-order valence-electron chi connectivity index (χ2n) is 8.15. The van der Waals surface area contributed by atoms with Crippen molar-refractivity contribution < 1.29 is 9.59 Å². The molecule has 5 nitrogen and oxygen atoms in total. The number of unbranched alkanes of at least 4 members (excludes halogenated alkanes) is 4. The first-order valence-corrected chi connectivity index (χ1v) is 10.9. The first-order valence-electron chi connectivity index (χ1n) is 10.9. The first-order chi connectivity index (χ1) is 13.5. The summed E-state index contributed by atoms with van der Waals surface area (Å²) in [6.07, 6.45) is 11.9. The minimum absolute atomic E-state index is 0.0211. The van der Waals surface area contributed by atoms with Crippen LogP contribution in [0.4, 0.5) is 11.4 Å². The number of rotatable bonds is 10. The van der Waals surface area contributed by atoms with Crippen LogP contribution in [0.1, 0.15) is 87.9 Å². The fourth-order valence-electron chi connectivity index (χ4n) is 3.81. The third-order valence-corrected chi connectivity index (χ3v) is 5.45. The molecule has 1 aliphatic rings. The lowest BCUT2D eigenvalue weighted by molar-refractivity contribution is -0.116. The Morgan fingerprint density at radius 3 is 2.43 bits per heavy atom. The SMILES string of the molecule is CCCCCCCC(=O)Nc1ccc(N(C)C)c(C(=O)NC2CCCCC2)c1. The number of amides is 2. The molecule has 0 aliphatic heterocycles. The van der Waals surface area contributed by atoms with Gasteiger partial charge in [-0.25, -0.2) is 0 Å². The molecule has 0 bridgehead atoms. The van der Waals surface area contributed by atoms with E-state index in [-0.39, 0.29) is 17.9 Å². The van der Waals surface area contributed by atoms with Crippen molar-refractivity contribution in [2.24, 2.45) is 0 Å². The van der Waals surface area contributed by atoms with E-state index in [1.807, 2.05) is 37.2 Å². The van der Waals surface area contributed by atoms with Crippen LogP contribution in [0.5, 0.6) is 0 Å². The van der Waals surface area contributed by atoms with Crippen LogP contribution in [0.25, 0.3) is 0 Å². The summed E-state index contributed by atoms with van der Waals surface area (Å²) in [6.45, 7) is 2.19. The molecule has 0 radical (unpaired) electrons. The molecule has 1 fully saturated rings. The van der Waals surface area contributed by atoms with E-state index in [1.165, 1.54) is 38.5 Å². The molecule has 28 heavy (non-hydrogen) atoms. The zero-order valence-corrected chi connectivity index (χ0v) is 17.9. The number of benzene rings is 1. The first kappa shape index (κ1) is 22.3. The van der Waals surface area contributed by atoms with E-state index >= 15 is 0 Å². The topological polar surface area (TPSA) is 61.4 Å². The van der Waals surface area contributed by atoms with Gasteiger partial charge < -0.3 is 15.5 Å². The zero-order chi connectivity index (χ0) is 20.4. The highest BCUT2D eigenvalue weighted by Crippen LogP contribution is 2.25. The molecule has 5 heteroatoms. The summed E-state index contributed by atoms with van der Waals surface area (Å²) in [5, 5.41) is 6.15. The van der Waals surface area contributed by atoms with Crippen molar-refractivity contribution >= 4 is 23.2 Å². The molecular weight excluding hydrogens is 350 g/mol. The molecule has 0 atom stereocenters. The Labute approximate surface area is 170 Å². The van der Waals surface area contributed by atoms with Gasteiger partial charge in [-0.1, -0.05) is 51.9 Å². The van der Waals surface area contributed by atoms with Crippen molar-refractivity contribution in [3.63, 3.8) is 0 Å². The van der Waals surface area contributed by atoms with Crippen molar-refractivity contribution in [2.45, 2.75) is 83.6 Å². The van der Waals surface area contributed by atoms with Crippen LogP contribution in [-0.2, 0) is 4.79 Å². The molecule has 1 aromatic carbocycles. The molecule has 1 aliphatic carbocycles. The van der Waals surface area contributed by atoms with Gasteiger partial charge in [-0.15, -0.1) is 0 Å². The molecule has 2 rings (SSSR count). The van der Waals surface area contributed by atoms with E-state index in [0.717, 1.165) is 31.4 Å². The summed E-state index contributed by atoms with van der Waals surface area (Å²) in [5.74, 6) is -0.0287. The average molecular weight is 388 g/mol. The third kappa shape index (κ3) is 7.17. The second-order valence-corrected chi connectivity index (χ2v) is 8.15. The van der Waals surface area contributed by atoms with Crippen molar-refractivity contribution in [1.82, 2.24) is 5.32 Å². The summed E-state index contributed by atoms with van der Waals surface area (Å²) in [6, 6.07) is 5.86. The Kier molecular flexibility index (Phi) is 9.32. The minimum Gasteiger partial charge on any atom is -0.377 e. The number of anilines is 2. The summed E-state index contributed by atoms with van der Waals surface area (Å²) in [5.41, 5.74) is 2.18. The molecule has 156 valence electrons. The Hall–Kier alpha value is -2.04. The van der Waals surface area contributed by atoms with Gasteiger partial charge in [0.2, 0.25) is 5.91 Å². The minimum atomic E-state index is -0.0498. The van der Waals surface area contributed by atoms with Crippen molar-refractivity contribution in [3.8, 4) is 0 Å². The maximum absolute atomic E-state index is 12.9. The van der Waals surface area contributed by atoms with Gasteiger partial charge in [0.05, 0.1) is 5.56 Å². The molecule has 2 amide bonds. The van der Waals surface area contributed by atoms with Crippen LogP contribution in [-0.4, -0.2) is 32.0 Å². The Morgan fingerprint density at radius 2 is 1.75 bits per heavy atom. The van der Waals surface area contributed by atoms with E-state index in [0.29, 0.717) is 17.7 Å². The van der Waals surface area contributed by atoms with Gasteiger partial charge in [0, 0.05) is 37.9 Å². The van der Waals surface area contributed by atoms with Crippen LogP contribution in [0, 0.1) is 0 Å². The molecule has 0 heterocycles. The van der Waals surface area contributed by atoms with Crippen LogP contribution in [0.2, 0.25) is 0 Å². The number of carbonyl (C=O) groups is 2. The quantitative estimate of drug-likeness (QED) is 0.548. The maximum atomic E-state index is 12.9. The molecule has 2 N–H and O–H groups in total. The van der Waals surface area contributed by atoms with Gasteiger partial charge in [-0.3, -0.25) is 9.59 Å². The van der Waals surface area contributed by atoms with Crippen molar-refractivity contribution in [1.29, 1.82) is 0 Å². The van der Waals surface area contributed by atoms with E-state index in [9.17, 15) is 9.59 Å². The van der Waals surface area contributed by atoms with E-state index in [1.54, 1.807) is 0 Å². The number of hydrogen-bond donors (Lipinski definition) is 2. The predicted molar refractivity (Wildman–Crippen MR) is 117 cm³/mol. The highest BCUT2D eigenvalue weighted by atomic mass is 16.2. The standard InChI is InChI=1S/C23H37N3O2/c1-4-5-6-7-11-14-22(27)24-19-15-16-21(26(2)3)20(17-19)23(28)25-18-12-9-8-10-13-18/h15-18H,4-14H2,1-3H3,(H,24,27)(H,25,28). The van der Waals surface area contributed by atoms with Crippen LogP contribution < -0.4 is 15.5 Å². The Balaban J connectivity index is 1.99. The molecule has 1 aromatic rings. The smallest absolute Gasteiger partial charge is 0.253 e. The van der Waals surface area contributed by atoms with E-state index in [2.05, 4.69) is 17.6 Å². The van der Waals surface area contributed by atoms with Crippen molar-refractivity contribution in [2.75, 3.05) is 24.3 Å². The molecule has 0 aromatic heterocycles. The molecule has 0 saturated heterocycles. The van der Waals surface area contributed by atoms with Crippen LogP contribution in [0.15, 0.2) is 18.2 Å². The lowest BCUT2D eigenvalue weighted by Gasteiger charge is -2.24. The van der Waals surface area contributed by atoms with Gasteiger partial charge in [-0.2, -0.15) is 0 Å². The fraction of sp³-hybridized carbons (Fsp3) is 0.652. The monoisotopic (exact) mass is 387 g/mol. The highest BCUT2D eigenvalue weighted by Gasteiger charge is 2.20. The molecular formula is C23H37N3O2. The van der Waals surface area contributed by atoms with Crippen LogP contribution >= 0.6 is 0 Å². The van der Waals surface area contributed by atoms with Gasteiger partial charge >= 0.3 is 0 Å². The number of carbonyl (C=O) groups excluding carboxylic acids is 2. The lowest BCUT2D eigenvalue weighted by Crippen LogP contribution is -2.36. The Morgan fingerprint density at radius 1 is 1.04 bits per heavy atom. The maximum Gasteiger partial charge on any atom is 0.253 e. The predicted octanol–water partition coefficient (Wildman–Crippen LogP) is 5.11.